The highest BCUT2D eigenvalue weighted by Gasteiger charge is 2.34. The minimum absolute atomic E-state index is 0.0168. The summed E-state index contributed by atoms with van der Waals surface area (Å²) in [5.41, 5.74) is 2.59. The quantitative estimate of drug-likeness (QED) is 0.732. The van der Waals surface area contributed by atoms with Crippen molar-refractivity contribution in [2.24, 2.45) is 0 Å². The molecule has 0 radical (unpaired) electrons. The lowest BCUT2D eigenvalue weighted by Gasteiger charge is -2.37. The fourth-order valence-corrected chi connectivity index (χ4v) is 3.61. The standard InChI is InChI=1S/C22H25FN2O5/c1-28-19-10-15-8-9-25(22(27)24-13-14-4-6-16(23)7-5-14)18(12-21(26)30-3)17(15)11-20(19)29-2/h4-7,10-11,18H,8-9,12-13H2,1-3H3,(H,24,27). The van der Waals surface area contributed by atoms with E-state index in [4.69, 9.17) is 14.2 Å². The highest BCUT2D eigenvalue weighted by Crippen LogP contribution is 2.39. The second kappa shape index (κ2) is 9.47. The number of benzene rings is 2. The normalized spacial score (nSPS) is 15.2. The number of hydrogen-bond donors (Lipinski definition) is 1. The average molecular weight is 416 g/mol. The fraction of sp³-hybridized carbons (Fsp3) is 0.364. The highest BCUT2D eigenvalue weighted by atomic mass is 19.1. The third kappa shape index (κ3) is 4.64. The Morgan fingerprint density at radius 1 is 1.10 bits per heavy atom. The van der Waals surface area contributed by atoms with Gasteiger partial charge in [0.1, 0.15) is 5.82 Å². The lowest BCUT2D eigenvalue weighted by atomic mass is 9.90. The number of nitrogens with zero attached hydrogens (tertiary/aromatic N) is 1. The van der Waals surface area contributed by atoms with E-state index in [0.717, 1.165) is 16.7 Å². The largest absolute Gasteiger partial charge is 0.493 e. The van der Waals surface area contributed by atoms with Crippen LogP contribution in [0.15, 0.2) is 36.4 Å². The van der Waals surface area contributed by atoms with Gasteiger partial charge >= 0.3 is 12.0 Å². The van der Waals surface area contributed by atoms with E-state index >= 15 is 0 Å². The molecule has 2 amide bonds. The van der Waals surface area contributed by atoms with Gasteiger partial charge in [-0.1, -0.05) is 12.1 Å². The molecule has 160 valence electrons. The van der Waals surface area contributed by atoms with Gasteiger partial charge in [0.15, 0.2) is 11.5 Å². The Kier molecular flexibility index (Phi) is 6.76. The Labute approximate surface area is 174 Å². The minimum atomic E-state index is -0.505. The van der Waals surface area contributed by atoms with Crippen molar-refractivity contribution in [3.63, 3.8) is 0 Å². The van der Waals surface area contributed by atoms with Crippen molar-refractivity contribution < 1.29 is 28.2 Å². The zero-order valence-corrected chi connectivity index (χ0v) is 17.2. The number of halogens is 1. The average Bonchev–Trinajstić information content (AvgIpc) is 2.77. The molecule has 1 aliphatic heterocycles. The van der Waals surface area contributed by atoms with Crippen molar-refractivity contribution >= 4 is 12.0 Å². The number of fused-ring (bicyclic) bond motifs is 1. The van der Waals surface area contributed by atoms with Gasteiger partial charge in [0, 0.05) is 13.1 Å². The third-order valence-corrected chi connectivity index (χ3v) is 5.21. The molecule has 0 aliphatic carbocycles. The van der Waals surface area contributed by atoms with Crippen LogP contribution in [0.25, 0.3) is 0 Å². The topological polar surface area (TPSA) is 77.1 Å². The molecular formula is C22H25FN2O5. The number of hydrogen-bond acceptors (Lipinski definition) is 5. The first-order valence-corrected chi connectivity index (χ1v) is 9.57. The summed E-state index contributed by atoms with van der Waals surface area (Å²) in [6.07, 6.45) is 0.625. The molecule has 0 aromatic heterocycles. The van der Waals surface area contributed by atoms with Gasteiger partial charge in [-0.3, -0.25) is 4.79 Å². The maximum Gasteiger partial charge on any atom is 0.318 e. The Bertz CT molecular complexity index is 916. The number of rotatable bonds is 6. The number of carbonyl (C=O) groups is 2. The smallest absolute Gasteiger partial charge is 0.318 e. The zero-order valence-electron chi connectivity index (χ0n) is 17.2. The predicted molar refractivity (Wildman–Crippen MR) is 108 cm³/mol. The molecule has 1 N–H and O–H groups in total. The molecule has 0 spiro atoms. The lowest BCUT2D eigenvalue weighted by molar-refractivity contribution is -0.141. The molecule has 3 rings (SSSR count). The van der Waals surface area contributed by atoms with Crippen molar-refractivity contribution in [2.75, 3.05) is 27.9 Å². The molecule has 0 bridgehead atoms. The van der Waals surface area contributed by atoms with Crippen LogP contribution in [0, 0.1) is 5.82 Å². The predicted octanol–water partition coefficient (Wildman–Crippen LogP) is 3.22. The Hall–Kier alpha value is -3.29. The lowest BCUT2D eigenvalue weighted by Crippen LogP contribution is -2.46. The number of esters is 1. The first-order valence-electron chi connectivity index (χ1n) is 9.57. The van der Waals surface area contributed by atoms with Crippen molar-refractivity contribution in [3.8, 4) is 11.5 Å². The molecule has 1 unspecified atom stereocenters. The van der Waals surface area contributed by atoms with Crippen LogP contribution in [-0.2, 0) is 22.5 Å². The molecule has 1 atom stereocenters. The van der Waals surface area contributed by atoms with Crippen LogP contribution < -0.4 is 14.8 Å². The molecule has 0 saturated heterocycles. The van der Waals surface area contributed by atoms with Crippen LogP contribution in [0.2, 0.25) is 0 Å². The summed E-state index contributed by atoms with van der Waals surface area (Å²) >= 11 is 0. The van der Waals surface area contributed by atoms with Gasteiger partial charge < -0.3 is 24.4 Å². The minimum Gasteiger partial charge on any atom is -0.493 e. The maximum absolute atomic E-state index is 13.1. The Balaban J connectivity index is 1.85. The molecule has 2 aromatic carbocycles. The number of carbonyl (C=O) groups excluding carboxylic acids is 2. The number of methoxy groups -OCH3 is 3. The van der Waals surface area contributed by atoms with Gasteiger partial charge in [0.25, 0.3) is 0 Å². The van der Waals surface area contributed by atoms with Gasteiger partial charge in [-0.05, 0) is 47.4 Å². The summed E-state index contributed by atoms with van der Waals surface area (Å²) in [5.74, 6) is 0.376. The van der Waals surface area contributed by atoms with E-state index in [1.165, 1.54) is 26.4 Å². The number of urea groups is 1. The molecule has 0 fully saturated rings. The van der Waals surface area contributed by atoms with E-state index in [-0.39, 0.29) is 24.8 Å². The SMILES string of the molecule is COC(=O)CC1c2cc(OC)c(OC)cc2CCN1C(=O)NCc1ccc(F)cc1. The number of ether oxygens (including phenoxy) is 3. The first-order chi connectivity index (χ1) is 14.5. The van der Waals surface area contributed by atoms with E-state index < -0.39 is 12.0 Å². The van der Waals surface area contributed by atoms with E-state index in [0.29, 0.717) is 24.5 Å². The van der Waals surface area contributed by atoms with Crippen LogP contribution in [-0.4, -0.2) is 44.8 Å². The van der Waals surface area contributed by atoms with Crippen molar-refractivity contribution in [1.82, 2.24) is 10.2 Å². The molecule has 1 aliphatic rings. The summed E-state index contributed by atoms with van der Waals surface area (Å²) < 4.78 is 28.7. The van der Waals surface area contributed by atoms with Crippen molar-refractivity contribution in [3.05, 3.63) is 58.9 Å². The van der Waals surface area contributed by atoms with Crippen molar-refractivity contribution in [2.45, 2.75) is 25.4 Å². The summed E-state index contributed by atoms with van der Waals surface area (Å²) in [5, 5.41) is 2.85. The second-order valence-electron chi connectivity index (χ2n) is 6.93. The summed E-state index contributed by atoms with van der Waals surface area (Å²) in [7, 11) is 4.42. The number of amides is 2. The summed E-state index contributed by atoms with van der Waals surface area (Å²) in [6, 6.07) is 8.79. The molecule has 7 nitrogen and oxygen atoms in total. The van der Waals surface area contributed by atoms with Gasteiger partial charge in [0.05, 0.1) is 33.8 Å². The van der Waals surface area contributed by atoms with Crippen LogP contribution in [0.3, 0.4) is 0 Å². The van der Waals surface area contributed by atoms with Crippen LogP contribution in [0.5, 0.6) is 11.5 Å². The van der Waals surface area contributed by atoms with Crippen LogP contribution >= 0.6 is 0 Å². The van der Waals surface area contributed by atoms with Gasteiger partial charge in [0.2, 0.25) is 0 Å². The molecule has 8 heteroatoms. The fourth-order valence-electron chi connectivity index (χ4n) is 3.61. The van der Waals surface area contributed by atoms with Gasteiger partial charge in [-0.2, -0.15) is 0 Å². The van der Waals surface area contributed by atoms with Gasteiger partial charge in [-0.25, -0.2) is 9.18 Å². The first kappa shape index (κ1) is 21.4. The van der Waals surface area contributed by atoms with E-state index in [1.807, 2.05) is 6.07 Å². The van der Waals surface area contributed by atoms with Crippen LogP contribution in [0.4, 0.5) is 9.18 Å². The van der Waals surface area contributed by atoms with E-state index in [1.54, 1.807) is 30.2 Å². The molecule has 2 aromatic rings. The highest BCUT2D eigenvalue weighted by molar-refractivity contribution is 5.77. The second-order valence-corrected chi connectivity index (χ2v) is 6.93. The maximum atomic E-state index is 13.1. The molecule has 0 saturated carbocycles. The third-order valence-electron chi connectivity index (χ3n) is 5.21. The summed E-state index contributed by atoms with van der Waals surface area (Å²) in [4.78, 5) is 26.6. The number of nitrogens with one attached hydrogen (secondary N) is 1. The van der Waals surface area contributed by atoms with E-state index in [2.05, 4.69) is 5.32 Å². The molecular weight excluding hydrogens is 391 g/mol. The van der Waals surface area contributed by atoms with Crippen molar-refractivity contribution in [1.29, 1.82) is 0 Å². The Morgan fingerprint density at radius 3 is 2.40 bits per heavy atom. The van der Waals surface area contributed by atoms with Gasteiger partial charge in [-0.15, -0.1) is 0 Å². The monoisotopic (exact) mass is 416 g/mol. The molecule has 1 heterocycles. The summed E-state index contributed by atoms with van der Waals surface area (Å²) in [6.45, 7) is 0.679. The molecule has 30 heavy (non-hydrogen) atoms. The van der Waals surface area contributed by atoms with Crippen LogP contribution in [0.1, 0.15) is 29.2 Å². The Morgan fingerprint density at radius 2 is 1.77 bits per heavy atom. The zero-order chi connectivity index (χ0) is 21.7. The van der Waals surface area contributed by atoms with E-state index in [9.17, 15) is 14.0 Å².